The molecule has 0 heterocycles. The summed E-state index contributed by atoms with van der Waals surface area (Å²) in [5, 5.41) is 0.331. The van der Waals surface area contributed by atoms with Gasteiger partial charge in [0.1, 0.15) is 11.6 Å². The summed E-state index contributed by atoms with van der Waals surface area (Å²) in [6.45, 7) is 0. The van der Waals surface area contributed by atoms with Gasteiger partial charge in [-0.3, -0.25) is 4.79 Å². The number of benzene rings is 2. The minimum Gasteiger partial charge on any atom is -0.497 e. The molecule has 0 amide bonds. The molecule has 0 unspecified atom stereocenters. The van der Waals surface area contributed by atoms with E-state index in [9.17, 15) is 9.18 Å². The molecule has 0 saturated heterocycles. The minimum atomic E-state index is -0.650. The predicted octanol–water partition coefficient (Wildman–Crippen LogP) is 3.30. The third-order valence-corrected chi connectivity index (χ3v) is 2.82. The van der Waals surface area contributed by atoms with Gasteiger partial charge in [0.15, 0.2) is 5.78 Å². The van der Waals surface area contributed by atoms with Crippen LogP contribution in [0.1, 0.15) is 15.9 Å². The van der Waals surface area contributed by atoms with Crippen molar-refractivity contribution in [1.29, 1.82) is 0 Å². The van der Waals surface area contributed by atoms with Crippen molar-refractivity contribution in [3.8, 4) is 5.75 Å². The molecule has 0 aromatic heterocycles. The summed E-state index contributed by atoms with van der Waals surface area (Å²) < 4.78 is 18.7. The molecule has 0 spiro atoms. The standard InChI is InChI=1S/C14H11ClFNO2/c1-19-11-2-3-12(13(16)7-11)14(18)8-4-9(15)6-10(17)5-8/h2-7H,17H2,1H3. The lowest BCUT2D eigenvalue weighted by molar-refractivity contribution is 0.103. The molecule has 0 bridgehead atoms. The number of nitrogen functional groups attached to an aromatic ring is 1. The molecule has 0 fully saturated rings. The summed E-state index contributed by atoms with van der Waals surface area (Å²) in [6, 6.07) is 8.46. The van der Waals surface area contributed by atoms with Crippen molar-refractivity contribution in [2.75, 3.05) is 12.8 Å². The van der Waals surface area contributed by atoms with E-state index in [-0.39, 0.29) is 11.1 Å². The SMILES string of the molecule is COc1ccc(C(=O)c2cc(N)cc(Cl)c2)c(F)c1. The van der Waals surface area contributed by atoms with Gasteiger partial charge >= 0.3 is 0 Å². The van der Waals surface area contributed by atoms with Gasteiger partial charge in [0, 0.05) is 22.3 Å². The number of rotatable bonds is 3. The smallest absolute Gasteiger partial charge is 0.196 e. The molecule has 2 N–H and O–H groups in total. The van der Waals surface area contributed by atoms with Crippen LogP contribution in [0.3, 0.4) is 0 Å². The van der Waals surface area contributed by atoms with Crippen molar-refractivity contribution >= 4 is 23.1 Å². The Bertz CT molecular complexity index is 623. The van der Waals surface area contributed by atoms with Crippen LogP contribution in [0.5, 0.6) is 5.75 Å². The second-order valence-electron chi connectivity index (χ2n) is 3.95. The van der Waals surface area contributed by atoms with Gasteiger partial charge in [-0.2, -0.15) is 0 Å². The minimum absolute atomic E-state index is 0.0533. The van der Waals surface area contributed by atoms with Crippen molar-refractivity contribution in [3.63, 3.8) is 0 Å². The summed E-state index contributed by atoms with van der Waals surface area (Å²) in [5.74, 6) is -0.781. The quantitative estimate of drug-likeness (QED) is 0.693. The number of halogens is 2. The zero-order chi connectivity index (χ0) is 14.0. The average Bonchev–Trinajstić information content (AvgIpc) is 2.36. The molecule has 2 aromatic rings. The Morgan fingerprint density at radius 2 is 2.00 bits per heavy atom. The number of hydrogen-bond acceptors (Lipinski definition) is 3. The average molecular weight is 280 g/mol. The summed E-state index contributed by atoms with van der Waals surface area (Å²) in [4.78, 5) is 12.2. The van der Waals surface area contributed by atoms with Crippen LogP contribution in [0.25, 0.3) is 0 Å². The van der Waals surface area contributed by atoms with E-state index in [0.717, 1.165) is 6.07 Å². The van der Waals surface area contributed by atoms with E-state index in [1.807, 2.05) is 0 Å². The first kappa shape index (κ1) is 13.4. The highest BCUT2D eigenvalue weighted by atomic mass is 35.5. The topological polar surface area (TPSA) is 52.3 Å². The number of ketones is 1. The number of hydrogen-bond donors (Lipinski definition) is 1. The Morgan fingerprint density at radius 3 is 2.58 bits per heavy atom. The maximum absolute atomic E-state index is 13.8. The number of methoxy groups -OCH3 is 1. The van der Waals surface area contributed by atoms with Crippen LogP contribution in [0.15, 0.2) is 36.4 Å². The van der Waals surface area contributed by atoms with Crippen LogP contribution < -0.4 is 10.5 Å². The Labute approximate surface area is 114 Å². The van der Waals surface area contributed by atoms with E-state index in [2.05, 4.69) is 0 Å². The van der Waals surface area contributed by atoms with Crippen molar-refractivity contribution in [1.82, 2.24) is 0 Å². The Hall–Kier alpha value is -2.07. The van der Waals surface area contributed by atoms with Crippen molar-refractivity contribution < 1.29 is 13.9 Å². The van der Waals surface area contributed by atoms with Gasteiger partial charge in [0.05, 0.1) is 12.7 Å². The summed E-state index contributed by atoms with van der Waals surface area (Å²) in [5.41, 5.74) is 6.15. The first-order chi connectivity index (χ1) is 9.01. The van der Waals surface area contributed by atoms with Crippen LogP contribution in [-0.2, 0) is 0 Å². The lowest BCUT2D eigenvalue weighted by Gasteiger charge is -2.06. The van der Waals surface area contributed by atoms with Gasteiger partial charge < -0.3 is 10.5 Å². The molecule has 5 heteroatoms. The Balaban J connectivity index is 2.44. The van der Waals surface area contributed by atoms with E-state index in [0.29, 0.717) is 16.5 Å². The molecule has 19 heavy (non-hydrogen) atoms. The van der Waals surface area contributed by atoms with E-state index < -0.39 is 11.6 Å². The Morgan fingerprint density at radius 1 is 1.26 bits per heavy atom. The van der Waals surface area contributed by atoms with Gasteiger partial charge in [-0.05, 0) is 30.3 Å². The molecule has 0 radical (unpaired) electrons. The molecule has 0 saturated carbocycles. The Kier molecular flexibility index (Phi) is 3.71. The van der Waals surface area contributed by atoms with E-state index in [1.165, 1.54) is 37.4 Å². The third kappa shape index (κ3) is 2.85. The molecular weight excluding hydrogens is 269 g/mol. The van der Waals surface area contributed by atoms with Gasteiger partial charge in [0.2, 0.25) is 0 Å². The molecule has 0 atom stereocenters. The maximum atomic E-state index is 13.8. The van der Waals surface area contributed by atoms with Crippen LogP contribution in [0.4, 0.5) is 10.1 Å². The van der Waals surface area contributed by atoms with Crippen LogP contribution in [-0.4, -0.2) is 12.9 Å². The van der Waals surface area contributed by atoms with Gasteiger partial charge in [0.25, 0.3) is 0 Å². The molecule has 0 aliphatic rings. The zero-order valence-corrected chi connectivity index (χ0v) is 10.9. The molecule has 0 aliphatic carbocycles. The molecular formula is C14H11ClFNO2. The fourth-order valence-corrected chi connectivity index (χ4v) is 1.95. The maximum Gasteiger partial charge on any atom is 0.196 e. The molecule has 98 valence electrons. The summed E-state index contributed by atoms with van der Waals surface area (Å²) in [7, 11) is 1.42. The fraction of sp³-hybridized carbons (Fsp3) is 0.0714. The highest BCUT2D eigenvalue weighted by Gasteiger charge is 2.15. The second-order valence-corrected chi connectivity index (χ2v) is 4.38. The van der Waals surface area contributed by atoms with E-state index in [4.69, 9.17) is 22.1 Å². The van der Waals surface area contributed by atoms with Gasteiger partial charge in [-0.1, -0.05) is 11.6 Å². The normalized spacial score (nSPS) is 10.3. The van der Waals surface area contributed by atoms with Gasteiger partial charge in [-0.15, -0.1) is 0 Å². The highest BCUT2D eigenvalue weighted by molar-refractivity contribution is 6.31. The number of carbonyl (C=O) groups excluding carboxylic acids is 1. The highest BCUT2D eigenvalue weighted by Crippen LogP contribution is 2.22. The molecule has 2 rings (SSSR count). The number of carbonyl (C=O) groups is 1. The van der Waals surface area contributed by atoms with Crippen LogP contribution >= 0.6 is 11.6 Å². The molecule has 2 aromatic carbocycles. The zero-order valence-electron chi connectivity index (χ0n) is 10.1. The monoisotopic (exact) mass is 279 g/mol. The summed E-state index contributed by atoms with van der Waals surface area (Å²) in [6.07, 6.45) is 0. The lowest BCUT2D eigenvalue weighted by Crippen LogP contribution is -2.05. The van der Waals surface area contributed by atoms with Crippen molar-refractivity contribution in [2.24, 2.45) is 0 Å². The lowest BCUT2D eigenvalue weighted by atomic mass is 10.0. The number of nitrogens with two attached hydrogens (primary N) is 1. The first-order valence-electron chi connectivity index (χ1n) is 5.45. The van der Waals surface area contributed by atoms with E-state index in [1.54, 1.807) is 0 Å². The molecule has 0 aliphatic heterocycles. The molecule has 3 nitrogen and oxygen atoms in total. The van der Waals surface area contributed by atoms with Crippen LogP contribution in [0, 0.1) is 5.82 Å². The van der Waals surface area contributed by atoms with E-state index >= 15 is 0 Å². The number of anilines is 1. The van der Waals surface area contributed by atoms with Crippen molar-refractivity contribution in [3.05, 3.63) is 58.4 Å². The van der Waals surface area contributed by atoms with Gasteiger partial charge in [-0.25, -0.2) is 4.39 Å². The number of ether oxygens (including phenoxy) is 1. The largest absolute Gasteiger partial charge is 0.497 e. The fourth-order valence-electron chi connectivity index (χ4n) is 1.71. The predicted molar refractivity (Wildman–Crippen MR) is 72.2 cm³/mol. The van der Waals surface area contributed by atoms with Crippen LogP contribution in [0.2, 0.25) is 5.02 Å². The first-order valence-corrected chi connectivity index (χ1v) is 5.83. The third-order valence-electron chi connectivity index (χ3n) is 2.60. The van der Waals surface area contributed by atoms with Crippen molar-refractivity contribution in [2.45, 2.75) is 0 Å². The summed E-state index contributed by atoms with van der Waals surface area (Å²) >= 11 is 5.82. The second kappa shape index (κ2) is 5.28.